The van der Waals surface area contributed by atoms with Crippen LogP contribution in [0.25, 0.3) is 0 Å². The van der Waals surface area contributed by atoms with Crippen LogP contribution in [-0.4, -0.2) is 29.7 Å². The maximum atomic E-state index is 12.1. The van der Waals surface area contributed by atoms with Gasteiger partial charge in [-0.3, -0.25) is 0 Å². The van der Waals surface area contributed by atoms with Gasteiger partial charge in [-0.15, -0.1) is 0 Å². The smallest absolute Gasteiger partial charge is 0.410 e. The zero-order valence-corrected chi connectivity index (χ0v) is 13.2. The number of likely N-dealkylation sites (tertiary alicyclic amines) is 1. The molecule has 20 heavy (non-hydrogen) atoms. The highest BCUT2D eigenvalue weighted by Crippen LogP contribution is 2.29. The molecule has 2 rings (SSSR count). The van der Waals surface area contributed by atoms with Crippen molar-refractivity contribution in [2.45, 2.75) is 52.6 Å². The monoisotopic (exact) mass is 275 g/mol. The first kappa shape index (κ1) is 14.9. The van der Waals surface area contributed by atoms with Gasteiger partial charge in [0.1, 0.15) is 5.60 Å². The van der Waals surface area contributed by atoms with E-state index in [1.54, 1.807) is 0 Å². The second-order valence-electron chi connectivity index (χ2n) is 6.76. The van der Waals surface area contributed by atoms with E-state index in [1.165, 1.54) is 16.7 Å². The van der Waals surface area contributed by atoms with Gasteiger partial charge in [0.05, 0.1) is 0 Å². The molecule has 0 spiro atoms. The molecule has 3 heteroatoms. The predicted octanol–water partition coefficient (Wildman–Crippen LogP) is 4.03. The number of rotatable bonds is 1. The lowest BCUT2D eigenvalue weighted by Crippen LogP contribution is -2.35. The van der Waals surface area contributed by atoms with E-state index in [0.717, 1.165) is 19.5 Å². The summed E-state index contributed by atoms with van der Waals surface area (Å²) in [5, 5.41) is 0. The van der Waals surface area contributed by atoms with Crippen LogP contribution in [0.1, 0.15) is 49.8 Å². The Bertz CT molecular complexity index is 502. The third-order valence-corrected chi connectivity index (χ3v) is 3.84. The minimum atomic E-state index is -0.421. The molecule has 1 aromatic rings. The van der Waals surface area contributed by atoms with Crippen molar-refractivity contribution in [1.29, 1.82) is 0 Å². The van der Waals surface area contributed by atoms with Crippen molar-refractivity contribution in [2.24, 2.45) is 0 Å². The fourth-order valence-corrected chi connectivity index (χ4v) is 2.54. The summed E-state index contributed by atoms with van der Waals surface area (Å²) in [4.78, 5) is 13.9. The van der Waals surface area contributed by atoms with Crippen LogP contribution >= 0.6 is 0 Å². The van der Waals surface area contributed by atoms with Gasteiger partial charge >= 0.3 is 6.09 Å². The lowest BCUT2D eigenvalue weighted by atomic mass is 9.95. The Labute approximate surface area is 121 Å². The van der Waals surface area contributed by atoms with Crippen molar-refractivity contribution in [3.8, 4) is 0 Å². The first-order valence-corrected chi connectivity index (χ1v) is 7.31. The number of aryl methyl sites for hydroxylation is 2. The van der Waals surface area contributed by atoms with E-state index in [2.05, 4.69) is 32.0 Å². The summed E-state index contributed by atoms with van der Waals surface area (Å²) in [5.74, 6) is 0.432. The topological polar surface area (TPSA) is 29.5 Å². The molecule has 1 aliphatic heterocycles. The molecule has 0 aliphatic carbocycles. The standard InChI is InChI=1S/C17H25NO2/c1-12-6-7-14(10-13(12)2)15-8-9-18(11-15)16(19)20-17(3,4)5/h6-7,10,15H,8-9,11H2,1-5H3. The predicted molar refractivity (Wildman–Crippen MR) is 81.1 cm³/mol. The Kier molecular flexibility index (Phi) is 4.07. The first-order chi connectivity index (χ1) is 9.26. The van der Waals surface area contributed by atoms with Crippen LogP contribution in [0.5, 0.6) is 0 Å². The maximum absolute atomic E-state index is 12.1. The molecule has 3 nitrogen and oxygen atoms in total. The van der Waals surface area contributed by atoms with Gasteiger partial charge in [0.15, 0.2) is 0 Å². The number of ether oxygens (including phenoxy) is 1. The van der Waals surface area contributed by atoms with Crippen LogP contribution < -0.4 is 0 Å². The van der Waals surface area contributed by atoms with Crippen molar-refractivity contribution in [2.75, 3.05) is 13.1 Å². The number of hydrogen-bond acceptors (Lipinski definition) is 2. The fraction of sp³-hybridized carbons (Fsp3) is 0.588. The normalized spacial score (nSPS) is 19.2. The van der Waals surface area contributed by atoms with Gasteiger partial charge < -0.3 is 9.64 Å². The summed E-state index contributed by atoms with van der Waals surface area (Å²) < 4.78 is 5.44. The Morgan fingerprint density at radius 1 is 1.25 bits per heavy atom. The van der Waals surface area contributed by atoms with E-state index in [4.69, 9.17) is 4.74 Å². The Morgan fingerprint density at radius 2 is 1.95 bits per heavy atom. The number of carbonyl (C=O) groups excluding carboxylic acids is 1. The Balaban J connectivity index is 2.01. The quantitative estimate of drug-likeness (QED) is 0.774. The van der Waals surface area contributed by atoms with E-state index in [1.807, 2.05) is 25.7 Å². The molecule has 0 radical (unpaired) electrons. The molecule has 1 heterocycles. The highest BCUT2D eigenvalue weighted by molar-refractivity contribution is 5.68. The third-order valence-electron chi connectivity index (χ3n) is 3.84. The number of nitrogens with zero attached hydrogens (tertiary/aromatic N) is 1. The number of carbonyl (C=O) groups is 1. The molecule has 1 saturated heterocycles. The number of amides is 1. The summed E-state index contributed by atoms with van der Waals surface area (Å²) in [6.45, 7) is 11.5. The molecule has 110 valence electrons. The summed E-state index contributed by atoms with van der Waals surface area (Å²) in [5.41, 5.74) is 3.54. The van der Waals surface area contributed by atoms with Crippen molar-refractivity contribution in [3.05, 3.63) is 34.9 Å². The number of hydrogen-bond donors (Lipinski definition) is 0. The average molecular weight is 275 g/mol. The van der Waals surface area contributed by atoms with Gasteiger partial charge in [-0.25, -0.2) is 4.79 Å². The lowest BCUT2D eigenvalue weighted by molar-refractivity contribution is 0.0292. The molecule has 0 N–H and O–H groups in total. The highest BCUT2D eigenvalue weighted by atomic mass is 16.6. The van der Waals surface area contributed by atoms with Crippen molar-refractivity contribution in [1.82, 2.24) is 4.90 Å². The molecule has 1 amide bonds. The van der Waals surface area contributed by atoms with Gasteiger partial charge in [-0.05, 0) is 57.7 Å². The van der Waals surface area contributed by atoms with E-state index in [9.17, 15) is 4.79 Å². The minimum absolute atomic E-state index is 0.191. The molecular formula is C17H25NO2. The van der Waals surface area contributed by atoms with Crippen LogP contribution in [-0.2, 0) is 4.74 Å². The lowest BCUT2D eigenvalue weighted by Gasteiger charge is -2.24. The largest absolute Gasteiger partial charge is 0.444 e. The summed E-state index contributed by atoms with van der Waals surface area (Å²) >= 11 is 0. The van der Waals surface area contributed by atoms with Crippen molar-refractivity contribution >= 4 is 6.09 Å². The maximum Gasteiger partial charge on any atom is 0.410 e. The number of benzene rings is 1. The third kappa shape index (κ3) is 3.53. The molecule has 0 saturated carbocycles. The molecule has 1 aromatic carbocycles. The van der Waals surface area contributed by atoms with E-state index >= 15 is 0 Å². The average Bonchev–Trinajstić information content (AvgIpc) is 2.80. The van der Waals surface area contributed by atoms with Gasteiger partial charge in [-0.1, -0.05) is 18.2 Å². The minimum Gasteiger partial charge on any atom is -0.444 e. The molecule has 1 fully saturated rings. The molecule has 1 unspecified atom stereocenters. The van der Waals surface area contributed by atoms with Crippen LogP contribution in [0, 0.1) is 13.8 Å². The van der Waals surface area contributed by atoms with Crippen molar-refractivity contribution in [3.63, 3.8) is 0 Å². The van der Waals surface area contributed by atoms with Crippen LogP contribution in [0.4, 0.5) is 4.79 Å². The van der Waals surface area contributed by atoms with Crippen LogP contribution in [0.15, 0.2) is 18.2 Å². The second-order valence-corrected chi connectivity index (χ2v) is 6.76. The summed E-state index contributed by atoms with van der Waals surface area (Å²) in [6, 6.07) is 6.60. The van der Waals surface area contributed by atoms with Crippen LogP contribution in [0.3, 0.4) is 0 Å². The summed E-state index contributed by atoms with van der Waals surface area (Å²) in [6.07, 6.45) is 0.825. The van der Waals surface area contributed by atoms with Gasteiger partial charge in [-0.2, -0.15) is 0 Å². The van der Waals surface area contributed by atoms with E-state index in [0.29, 0.717) is 5.92 Å². The SMILES string of the molecule is Cc1ccc(C2CCN(C(=O)OC(C)(C)C)C2)cc1C. The first-order valence-electron chi connectivity index (χ1n) is 7.31. The summed E-state index contributed by atoms with van der Waals surface area (Å²) in [7, 11) is 0. The van der Waals surface area contributed by atoms with Gasteiger partial charge in [0.25, 0.3) is 0 Å². The molecule has 1 atom stereocenters. The molecule has 1 aliphatic rings. The fourth-order valence-electron chi connectivity index (χ4n) is 2.54. The van der Waals surface area contributed by atoms with Crippen LogP contribution in [0.2, 0.25) is 0 Å². The Hall–Kier alpha value is -1.51. The Morgan fingerprint density at radius 3 is 2.55 bits per heavy atom. The second kappa shape index (κ2) is 5.47. The van der Waals surface area contributed by atoms with Gasteiger partial charge in [0, 0.05) is 19.0 Å². The molecule has 0 bridgehead atoms. The molecule has 0 aromatic heterocycles. The van der Waals surface area contributed by atoms with Gasteiger partial charge in [0.2, 0.25) is 0 Å². The zero-order valence-electron chi connectivity index (χ0n) is 13.2. The van der Waals surface area contributed by atoms with Crippen molar-refractivity contribution < 1.29 is 9.53 Å². The highest BCUT2D eigenvalue weighted by Gasteiger charge is 2.30. The molecular weight excluding hydrogens is 250 g/mol. The zero-order chi connectivity index (χ0) is 14.9. The van der Waals surface area contributed by atoms with E-state index < -0.39 is 5.60 Å². The van der Waals surface area contributed by atoms with E-state index in [-0.39, 0.29) is 6.09 Å².